The van der Waals surface area contributed by atoms with Gasteiger partial charge in [-0.2, -0.15) is 0 Å². The van der Waals surface area contributed by atoms with E-state index in [9.17, 15) is 0 Å². The van der Waals surface area contributed by atoms with Gasteiger partial charge < -0.3 is 5.73 Å². The Morgan fingerprint density at radius 2 is 1.71 bits per heavy atom. The minimum absolute atomic E-state index is 0.607. The quantitative estimate of drug-likeness (QED) is 0.657. The van der Waals surface area contributed by atoms with Crippen molar-refractivity contribution < 1.29 is 0 Å². The van der Waals surface area contributed by atoms with E-state index in [1.165, 1.54) is 0 Å². The number of nitrogens with two attached hydrogens (primary N) is 1. The van der Waals surface area contributed by atoms with E-state index in [2.05, 4.69) is 19.7 Å². The normalized spacial score (nSPS) is 13.6. The molecule has 1 nitrogen and oxygen atoms in total. The van der Waals surface area contributed by atoms with Crippen molar-refractivity contribution in [1.29, 1.82) is 0 Å². The molecule has 0 spiro atoms. The summed E-state index contributed by atoms with van der Waals surface area (Å²) in [7, 11) is 0. The molecule has 0 aliphatic rings. The first-order valence-electron chi connectivity index (χ1n) is 4.41. The van der Waals surface area contributed by atoms with Gasteiger partial charge in [0.1, 0.15) is 0 Å². The molecule has 0 radical (unpaired) electrons. The van der Waals surface area contributed by atoms with Gasteiger partial charge in [0.05, 0.1) is 0 Å². The average Bonchev–Trinajstić information content (AvgIpc) is 2.23. The van der Waals surface area contributed by atoms with Crippen molar-refractivity contribution in [2.75, 3.05) is 0 Å². The highest BCUT2D eigenvalue weighted by Crippen LogP contribution is 2.15. The minimum atomic E-state index is 0.607. The van der Waals surface area contributed by atoms with Gasteiger partial charge in [0, 0.05) is 11.3 Å². The van der Waals surface area contributed by atoms with Crippen LogP contribution in [0.25, 0.3) is 0 Å². The molecule has 0 rings (SSSR count). The number of hydrogen-bond donors (Lipinski definition) is 1. The zero-order chi connectivity index (χ0) is 11.0. The summed E-state index contributed by atoms with van der Waals surface area (Å²) in [6, 6.07) is 0. The molecule has 0 amide bonds. The molecule has 2 N–H and O–H groups in total. The molecule has 0 aliphatic carbocycles. The lowest BCUT2D eigenvalue weighted by molar-refractivity contribution is 1.35. The minimum Gasteiger partial charge on any atom is -0.398 e. The van der Waals surface area contributed by atoms with Crippen LogP contribution in [0, 0.1) is 0 Å². The molecule has 0 atom stereocenters. The Hall–Kier alpha value is -1.76. The molecule has 74 valence electrons. The summed E-state index contributed by atoms with van der Waals surface area (Å²) in [6.45, 7) is 13.0. The molecule has 0 saturated heterocycles. The molecule has 14 heavy (non-hydrogen) atoms. The molecule has 1 heteroatoms. The Kier molecular flexibility index (Phi) is 5.88. The summed E-state index contributed by atoms with van der Waals surface area (Å²) in [4.78, 5) is 0. The zero-order valence-electron chi connectivity index (χ0n) is 8.66. The SMILES string of the molecule is C=C/C(N)=C(C=C)/C(C=C)=C/C=C\C. The second-order valence-electron chi connectivity index (χ2n) is 2.63. The summed E-state index contributed by atoms with van der Waals surface area (Å²) in [6.07, 6.45) is 10.8. The van der Waals surface area contributed by atoms with Crippen LogP contribution in [0.2, 0.25) is 0 Å². The Bertz CT molecular complexity index is 314. The van der Waals surface area contributed by atoms with E-state index in [0.717, 1.165) is 11.1 Å². The second-order valence-corrected chi connectivity index (χ2v) is 2.63. The van der Waals surface area contributed by atoms with Gasteiger partial charge in [-0.05, 0) is 18.6 Å². The van der Waals surface area contributed by atoms with Crippen LogP contribution < -0.4 is 5.73 Å². The summed E-state index contributed by atoms with van der Waals surface area (Å²) in [5, 5.41) is 0. The maximum Gasteiger partial charge on any atom is 0.0387 e. The highest BCUT2D eigenvalue weighted by Gasteiger charge is 1.99. The van der Waals surface area contributed by atoms with Gasteiger partial charge in [-0.25, -0.2) is 0 Å². The third-order valence-corrected chi connectivity index (χ3v) is 1.73. The molecule has 0 bridgehead atoms. The van der Waals surface area contributed by atoms with Crippen molar-refractivity contribution in [1.82, 2.24) is 0 Å². The van der Waals surface area contributed by atoms with E-state index in [4.69, 9.17) is 5.73 Å². The molecule has 0 heterocycles. The van der Waals surface area contributed by atoms with Crippen molar-refractivity contribution >= 4 is 0 Å². The van der Waals surface area contributed by atoms with Gasteiger partial charge in [-0.1, -0.05) is 50.1 Å². The van der Waals surface area contributed by atoms with E-state index in [0.29, 0.717) is 5.70 Å². The summed E-state index contributed by atoms with van der Waals surface area (Å²) in [5.41, 5.74) is 8.16. The number of allylic oxidation sites excluding steroid dienone is 8. The molecular formula is C13H17N. The molecule has 0 fully saturated rings. The lowest BCUT2D eigenvalue weighted by Crippen LogP contribution is -1.99. The first kappa shape index (κ1) is 12.2. The maximum absolute atomic E-state index is 5.75. The van der Waals surface area contributed by atoms with Crippen molar-refractivity contribution in [3.8, 4) is 0 Å². The van der Waals surface area contributed by atoms with Crippen LogP contribution >= 0.6 is 0 Å². The predicted octanol–water partition coefficient (Wildman–Crippen LogP) is 3.26. The molecule has 0 saturated carbocycles. The fraction of sp³-hybridized carbons (Fsp3) is 0.0769. The van der Waals surface area contributed by atoms with Crippen LogP contribution in [0.3, 0.4) is 0 Å². The van der Waals surface area contributed by atoms with Crippen molar-refractivity contribution in [2.24, 2.45) is 5.73 Å². The van der Waals surface area contributed by atoms with Crippen molar-refractivity contribution in [3.63, 3.8) is 0 Å². The van der Waals surface area contributed by atoms with Crippen molar-refractivity contribution in [2.45, 2.75) is 6.92 Å². The summed E-state index contributed by atoms with van der Waals surface area (Å²) < 4.78 is 0. The highest BCUT2D eigenvalue weighted by atomic mass is 14.6. The van der Waals surface area contributed by atoms with Crippen LogP contribution in [-0.4, -0.2) is 0 Å². The maximum atomic E-state index is 5.75. The number of rotatable bonds is 5. The summed E-state index contributed by atoms with van der Waals surface area (Å²) in [5.74, 6) is 0. The Morgan fingerprint density at radius 1 is 1.07 bits per heavy atom. The van der Waals surface area contributed by atoms with E-state index in [1.54, 1.807) is 18.2 Å². The third kappa shape index (κ3) is 3.31. The van der Waals surface area contributed by atoms with Crippen LogP contribution in [-0.2, 0) is 0 Å². The van der Waals surface area contributed by atoms with Crippen molar-refractivity contribution in [3.05, 3.63) is 73.0 Å². The molecule has 0 aromatic carbocycles. The van der Waals surface area contributed by atoms with Gasteiger partial charge in [-0.15, -0.1) is 0 Å². The highest BCUT2D eigenvalue weighted by molar-refractivity contribution is 5.50. The van der Waals surface area contributed by atoms with E-state index < -0.39 is 0 Å². The largest absolute Gasteiger partial charge is 0.398 e. The average molecular weight is 187 g/mol. The predicted molar refractivity (Wildman–Crippen MR) is 64.7 cm³/mol. The first-order chi connectivity index (χ1) is 6.71. The van der Waals surface area contributed by atoms with Gasteiger partial charge in [0.15, 0.2) is 0 Å². The second kappa shape index (κ2) is 6.72. The van der Waals surface area contributed by atoms with Gasteiger partial charge in [-0.3, -0.25) is 0 Å². The molecule has 0 aromatic heterocycles. The molecular weight excluding hydrogens is 170 g/mol. The smallest absolute Gasteiger partial charge is 0.0387 e. The zero-order valence-corrected chi connectivity index (χ0v) is 8.66. The lowest BCUT2D eigenvalue weighted by atomic mass is 10.0. The molecule has 0 unspecified atom stereocenters. The van der Waals surface area contributed by atoms with Gasteiger partial charge in [0.25, 0.3) is 0 Å². The Morgan fingerprint density at radius 3 is 2.07 bits per heavy atom. The topological polar surface area (TPSA) is 26.0 Å². The van der Waals surface area contributed by atoms with Crippen LogP contribution in [0.5, 0.6) is 0 Å². The standard InChI is InChI=1S/C13H17N/c1-5-9-10-11(6-2)12(7-3)13(14)8-4/h5-10H,2-4,14H2,1H3/b9-5-,11-10+,13-12-. The summed E-state index contributed by atoms with van der Waals surface area (Å²) >= 11 is 0. The fourth-order valence-corrected chi connectivity index (χ4v) is 0.980. The first-order valence-corrected chi connectivity index (χ1v) is 4.41. The fourth-order valence-electron chi connectivity index (χ4n) is 0.980. The van der Waals surface area contributed by atoms with E-state index in [-0.39, 0.29) is 0 Å². The van der Waals surface area contributed by atoms with Crippen LogP contribution in [0.1, 0.15) is 6.92 Å². The molecule has 0 aliphatic heterocycles. The third-order valence-electron chi connectivity index (χ3n) is 1.73. The number of hydrogen-bond acceptors (Lipinski definition) is 1. The van der Waals surface area contributed by atoms with Gasteiger partial charge >= 0.3 is 0 Å². The van der Waals surface area contributed by atoms with Crippen LogP contribution in [0.4, 0.5) is 0 Å². The molecule has 0 aromatic rings. The van der Waals surface area contributed by atoms with Crippen LogP contribution in [0.15, 0.2) is 73.0 Å². The monoisotopic (exact) mass is 187 g/mol. The lowest BCUT2D eigenvalue weighted by Gasteiger charge is -2.04. The van der Waals surface area contributed by atoms with Gasteiger partial charge in [0.2, 0.25) is 0 Å². The Balaban J connectivity index is 5.28. The van der Waals surface area contributed by atoms with E-state index in [1.807, 2.05) is 25.2 Å². The Labute approximate surface area is 86.3 Å². The van der Waals surface area contributed by atoms with E-state index >= 15 is 0 Å².